The first-order valence-corrected chi connectivity index (χ1v) is 9.80. The monoisotopic (exact) mass is 480 g/mol. The molecule has 26 heavy (non-hydrogen) atoms. The predicted molar refractivity (Wildman–Crippen MR) is 118 cm³/mol. The van der Waals surface area contributed by atoms with Crippen molar-refractivity contribution in [2.45, 2.75) is 26.7 Å². The van der Waals surface area contributed by atoms with Gasteiger partial charge in [0.05, 0.1) is 0 Å². The fourth-order valence-corrected chi connectivity index (χ4v) is 3.36. The van der Waals surface area contributed by atoms with Crippen LogP contribution in [0.3, 0.4) is 0 Å². The van der Waals surface area contributed by atoms with Gasteiger partial charge in [-0.1, -0.05) is 0 Å². The number of nitrogens with zero attached hydrogens (tertiary/aromatic N) is 5. The van der Waals surface area contributed by atoms with Gasteiger partial charge in [0.25, 0.3) is 0 Å². The minimum Gasteiger partial charge on any atom is -0.357 e. The van der Waals surface area contributed by atoms with Crippen molar-refractivity contribution in [3.05, 3.63) is 0 Å². The van der Waals surface area contributed by atoms with Crippen LogP contribution in [0, 0.1) is 0 Å². The summed E-state index contributed by atoms with van der Waals surface area (Å²) in [6.45, 7) is 14.8. The van der Waals surface area contributed by atoms with Crippen molar-refractivity contribution in [2.75, 3.05) is 79.0 Å². The van der Waals surface area contributed by atoms with Gasteiger partial charge in [0.1, 0.15) is 0 Å². The maximum absolute atomic E-state index is 11.4. The normalized spacial score (nSPS) is 20.0. The summed E-state index contributed by atoms with van der Waals surface area (Å²) in [6, 6.07) is 0. The second-order valence-electron chi connectivity index (χ2n) is 7.08. The number of guanidine groups is 1. The molecule has 0 aliphatic carbocycles. The molecule has 2 aliphatic heterocycles. The van der Waals surface area contributed by atoms with Gasteiger partial charge in [0.2, 0.25) is 5.91 Å². The number of rotatable bonds is 6. The van der Waals surface area contributed by atoms with Crippen molar-refractivity contribution in [3.63, 3.8) is 0 Å². The van der Waals surface area contributed by atoms with E-state index in [-0.39, 0.29) is 29.9 Å². The number of carbonyl (C=O) groups excluding carboxylic acids is 1. The standard InChI is InChI=1S/C18H36N6O.HI/c1-4-19-18(24-15-13-23(14-16-24)17(2)25)20-7-5-6-8-22-11-9-21(3)10-12-22;/h4-16H2,1-3H3,(H,19,20);1H. The number of nitrogens with one attached hydrogen (secondary N) is 1. The molecule has 0 atom stereocenters. The summed E-state index contributed by atoms with van der Waals surface area (Å²) in [4.78, 5) is 25.4. The molecule has 2 saturated heterocycles. The Balaban J connectivity index is 0.00000338. The van der Waals surface area contributed by atoms with Gasteiger partial charge in [0.15, 0.2) is 5.96 Å². The molecule has 1 amide bonds. The van der Waals surface area contributed by atoms with Crippen molar-refractivity contribution in [1.82, 2.24) is 24.9 Å². The maximum atomic E-state index is 11.4. The van der Waals surface area contributed by atoms with Crippen LogP contribution in [0.15, 0.2) is 4.99 Å². The Morgan fingerprint density at radius 1 is 0.962 bits per heavy atom. The zero-order valence-corrected chi connectivity index (χ0v) is 19.1. The quantitative estimate of drug-likeness (QED) is 0.264. The Kier molecular flexibility index (Phi) is 11.5. The molecule has 0 aromatic heterocycles. The van der Waals surface area contributed by atoms with Crippen LogP contribution >= 0.6 is 24.0 Å². The molecule has 0 aromatic carbocycles. The highest BCUT2D eigenvalue weighted by molar-refractivity contribution is 14.0. The first kappa shape index (κ1) is 23.4. The Morgan fingerprint density at radius 2 is 1.58 bits per heavy atom. The third-order valence-electron chi connectivity index (χ3n) is 5.10. The van der Waals surface area contributed by atoms with Crippen LogP contribution in [-0.2, 0) is 4.79 Å². The summed E-state index contributed by atoms with van der Waals surface area (Å²) in [5.41, 5.74) is 0. The van der Waals surface area contributed by atoms with Crippen LogP contribution < -0.4 is 5.32 Å². The minimum atomic E-state index is 0. The topological polar surface area (TPSA) is 54.4 Å². The number of halogens is 1. The molecule has 2 aliphatic rings. The smallest absolute Gasteiger partial charge is 0.219 e. The molecule has 2 fully saturated rings. The van der Waals surface area contributed by atoms with Crippen LogP contribution in [0.5, 0.6) is 0 Å². The van der Waals surface area contributed by atoms with Gasteiger partial charge in [0, 0.05) is 72.4 Å². The van der Waals surface area contributed by atoms with Crippen LogP contribution in [0.2, 0.25) is 0 Å². The lowest BCUT2D eigenvalue weighted by atomic mass is 10.2. The number of aliphatic imine (C=N–C) groups is 1. The van der Waals surface area contributed by atoms with Crippen LogP contribution in [0.4, 0.5) is 0 Å². The summed E-state index contributed by atoms with van der Waals surface area (Å²) in [7, 11) is 2.20. The number of hydrogen-bond acceptors (Lipinski definition) is 4. The third-order valence-corrected chi connectivity index (χ3v) is 5.10. The summed E-state index contributed by atoms with van der Waals surface area (Å²) in [5.74, 6) is 1.18. The number of carbonyl (C=O) groups is 1. The average Bonchev–Trinajstić information content (AvgIpc) is 2.62. The average molecular weight is 480 g/mol. The van der Waals surface area contributed by atoms with E-state index in [0.717, 1.165) is 51.6 Å². The van der Waals surface area contributed by atoms with Crippen LogP contribution in [-0.4, -0.2) is 111 Å². The first-order valence-electron chi connectivity index (χ1n) is 9.80. The number of piperazine rings is 2. The van der Waals surface area contributed by atoms with E-state index in [4.69, 9.17) is 4.99 Å². The van der Waals surface area contributed by atoms with E-state index in [2.05, 4.69) is 34.0 Å². The molecular formula is C18H37IN6O. The third kappa shape index (κ3) is 7.96. The first-order chi connectivity index (χ1) is 12.1. The Morgan fingerprint density at radius 3 is 2.15 bits per heavy atom. The van der Waals surface area contributed by atoms with Gasteiger partial charge < -0.3 is 24.9 Å². The summed E-state index contributed by atoms with van der Waals surface area (Å²) < 4.78 is 0. The highest BCUT2D eigenvalue weighted by atomic mass is 127. The molecule has 152 valence electrons. The number of likely N-dealkylation sites (N-methyl/N-ethyl adjacent to an activating group) is 1. The Labute approximate surface area is 176 Å². The second kappa shape index (κ2) is 12.7. The number of unbranched alkanes of at least 4 members (excludes halogenated alkanes) is 1. The van der Waals surface area contributed by atoms with E-state index in [0.29, 0.717) is 0 Å². The molecule has 7 nitrogen and oxygen atoms in total. The van der Waals surface area contributed by atoms with Gasteiger partial charge in [-0.15, -0.1) is 24.0 Å². The van der Waals surface area contributed by atoms with E-state index < -0.39 is 0 Å². The molecule has 0 saturated carbocycles. The largest absolute Gasteiger partial charge is 0.357 e. The van der Waals surface area contributed by atoms with Crippen LogP contribution in [0.1, 0.15) is 26.7 Å². The van der Waals surface area contributed by atoms with Gasteiger partial charge >= 0.3 is 0 Å². The molecule has 2 heterocycles. The molecular weight excluding hydrogens is 443 g/mol. The van der Waals surface area contributed by atoms with E-state index in [1.807, 2.05) is 4.90 Å². The van der Waals surface area contributed by atoms with Crippen molar-refractivity contribution < 1.29 is 4.79 Å². The summed E-state index contributed by atoms with van der Waals surface area (Å²) in [6.07, 6.45) is 2.35. The fourth-order valence-electron chi connectivity index (χ4n) is 3.36. The zero-order valence-electron chi connectivity index (χ0n) is 16.7. The van der Waals surface area contributed by atoms with E-state index in [1.54, 1.807) is 6.92 Å². The molecule has 2 rings (SSSR count). The van der Waals surface area contributed by atoms with Crippen molar-refractivity contribution >= 4 is 35.8 Å². The lowest BCUT2D eigenvalue weighted by Gasteiger charge is -2.36. The molecule has 0 radical (unpaired) electrons. The number of amides is 1. The van der Waals surface area contributed by atoms with Crippen molar-refractivity contribution in [2.24, 2.45) is 4.99 Å². The lowest BCUT2D eigenvalue weighted by molar-refractivity contribution is -0.130. The van der Waals surface area contributed by atoms with Crippen LogP contribution in [0.25, 0.3) is 0 Å². The summed E-state index contributed by atoms with van der Waals surface area (Å²) >= 11 is 0. The number of hydrogen-bond donors (Lipinski definition) is 1. The second-order valence-corrected chi connectivity index (χ2v) is 7.08. The highest BCUT2D eigenvalue weighted by Gasteiger charge is 2.20. The summed E-state index contributed by atoms with van der Waals surface area (Å²) in [5, 5.41) is 3.40. The van der Waals surface area contributed by atoms with Crippen molar-refractivity contribution in [3.8, 4) is 0 Å². The van der Waals surface area contributed by atoms with Gasteiger partial charge in [-0.3, -0.25) is 9.79 Å². The molecule has 1 N–H and O–H groups in total. The molecule has 0 aromatic rings. The molecule has 0 spiro atoms. The van der Waals surface area contributed by atoms with E-state index in [1.165, 1.54) is 39.1 Å². The predicted octanol–water partition coefficient (Wildman–Crippen LogP) is 0.762. The highest BCUT2D eigenvalue weighted by Crippen LogP contribution is 2.04. The molecule has 8 heteroatoms. The Bertz CT molecular complexity index is 431. The van der Waals surface area contributed by atoms with E-state index >= 15 is 0 Å². The lowest BCUT2D eigenvalue weighted by Crippen LogP contribution is -2.53. The SMILES string of the molecule is CCNC(=NCCCCN1CCN(C)CC1)N1CCN(C(C)=O)CC1.I. The maximum Gasteiger partial charge on any atom is 0.219 e. The van der Waals surface area contributed by atoms with E-state index in [9.17, 15) is 4.79 Å². The van der Waals surface area contributed by atoms with Gasteiger partial charge in [-0.05, 0) is 33.4 Å². The Hall–Kier alpha value is -0.610. The van der Waals surface area contributed by atoms with Gasteiger partial charge in [-0.25, -0.2) is 0 Å². The molecule has 0 bridgehead atoms. The molecule has 0 unspecified atom stereocenters. The van der Waals surface area contributed by atoms with Gasteiger partial charge in [-0.2, -0.15) is 0 Å². The fraction of sp³-hybridized carbons (Fsp3) is 0.889. The van der Waals surface area contributed by atoms with Crippen molar-refractivity contribution in [1.29, 1.82) is 0 Å². The minimum absolute atomic E-state index is 0. The zero-order chi connectivity index (χ0) is 18.1.